The molecule has 0 unspecified atom stereocenters. The van der Waals surface area contributed by atoms with Gasteiger partial charge >= 0.3 is 0 Å². The lowest BCUT2D eigenvalue weighted by Crippen LogP contribution is -2.08. The average molecular weight is 470 g/mol. The van der Waals surface area contributed by atoms with Crippen LogP contribution in [0.1, 0.15) is 0 Å². The van der Waals surface area contributed by atoms with Crippen LogP contribution in [0.25, 0.3) is 43.6 Å². The molecule has 0 fully saturated rings. The first-order chi connectivity index (χ1) is 12.5. The fraction of sp³-hybridized carbons (Fsp3) is 0. The summed E-state index contributed by atoms with van der Waals surface area (Å²) in [4.78, 5) is 32.4. The number of fused-ring (bicyclic) bond motifs is 4. The van der Waals surface area contributed by atoms with Crippen molar-refractivity contribution in [3.63, 3.8) is 0 Å². The average Bonchev–Trinajstić information content (AvgIpc) is 2.63. The lowest BCUT2D eigenvalue weighted by Gasteiger charge is -2.07. The first kappa shape index (κ1) is 15.8. The van der Waals surface area contributed by atoms with Crippen LogP contribution in [0.5, 0.6) is 0 Å². The van der Waals surface area contributed by atoms with E-state index in [1.54, 1.807) is 24.3 Å². The molecule has 0 saturated heterocycles. The Morgan fingerprint density at radius 3 is 1.35 bits per heavy atom. The molecular formula is C20H10Br2N2O2. The van der Waals surface area contributed by atoms with Gasteiger partial charge in [-0.3, -0.25) is 9.59 Å². The summed E-state index contributed by atoms with van der Waals surface area (Å²) in [6, 6.07) is 14.6. The van der Waals surface area contributed by atoms with Crippen LogP contribution < -0.4 is 10.9 Å². The third kappa shape index (κ3) is 2.26. The summed E-state index contributed by atoms with van der Waals surface area (Å²) >= 11 is 6.82. The van der Waals surface area contributed by atoms with Crippen LogP contribution in [0.4, 0.5) is 0 Å². The summed E-state index contributed by atoms with van der Waals surface area (Å²) in [5, 5.41) is 2.32. The predicted molar refractivity (Wildman–Crippen MR) is 113 cm³/mol. The number of hydrogen-bond acceptors (Lipinski definition) is 2. The number of aromatic amines is 2. The quantitative estimate of drug-likeness (QED) is 0.306. The molecule has 0 spiro atoms. The molecule has 0 aliphatic carbocycles. The van der Waals surface area contributed by atoms with Crippen LogP contribution in [0.3, 0.4) is 0 Å². The van der Waals surface area contributed by atoms with E-state index >= 15 is 0 Å². The number of H-pyrrole nitrogens is 2. The molecule has 5 rings (SSSR count). The van der Waals surface area contributed by atoms with E-state index in [0.717, 1.165) is 20.0 Å². The molecule has 0 amide bonds. The van der Waals surface area contributed by atoms with E-state index in [0.29, 0.717) is 32.6 Å². The first-order valence-electron chi connectivity index (χ1n) is 7.92. The zero-order valence-corrected chi connectivity index (χ0v) is 16.4. The Balaban J connectivity index is 2.00. The molecule has 2 aromatic heterocycles. The third-order valence-electron chi connectivity index (χ3n) is 4.64. The zero-order valence-electron chi connectivity index (χ0n) is 13.2. The number of benzene rings is 3. The maximum absolute atomic E-state index is 12.9. The van der Waals surface area contributed by atoms with Crippen LogP contribution in [0, 0.1) is 0 Å². The van der Waals surface area contributed by atoms with Crippen LogP contribution >= 0.6 is 31.9 Å². The molecule has 2 N–H and O–H groups in total. The minimum absolute atomic E-state index is 0.0614. The van der Waals surface area contributed by atoms with E-state index in [2.05, 4.69) is 41.8 Å². The van der Waals surface area contributed by atoms with Gasteiger partial charge in [0, 0.05) is 41.5 Å². The van der Waals surface area contributed by atoms with Gasteiger partial charge in [-0.05, 0) is 48.5 Å². The summed E-state index contributed by atoms with van der Waals surface area (Å²) in [5.74, 6) is 0. The molecule has 6 heteroatoms. The number of halogens is 2. The van der Waals surface area contributed by atoms with E-state index in [1.807, 2.05) is 24.3 Å². The minimum atomic E-state index is -0.0614. The number of aromatic nitrogens is 2. The Labute approximate surface area is 163 Å². The highest BCUT2D eigenvalue weighted by atomic mass is 79.9. The van der Waals surface area contributed by atoms with Crippen LogP contribution in [0.2, 0.25) is 0 Å². The number of hydrogen-bond donors (Lipinski definition) is 2. The number of pyridine rings is 2. The van der Waals surface area contributed by atoms with E-state index in [-0.39, 0.29) is 10.9 Å². The van der Waals surface area contributed by atoms with Gasteiger partial charge in [0.25, 0.3) is 0 Å². The Hall–Kier alpha value is -2.44. The van der Waals surface area contributed by atoms with Crippen molar-refractivity contribution in [2.75, 3.05) is 0 Å². The predicted octanol–water partition coefficient (Wildman–Crippen LogP) is 5.20. The molecule has 0 saturated carbocycles. The van der Waals surface area contributed by atoms with Gasteiger partial charge in [-0.1, -0.05) is 31.9 Å². The Bertz CT molecular complexity index is 1380. The van der Waals surface area contributed by atoms with Gasteiger partial charge in [0.05, 0.1) is 11.0 Å². The second-order valence-corrected chi connectivity index (χ2v) is 8.06. The van der Waals surface area contributed by atoms with E-state index in [1.165, 1.54) is 0 Å². The summed E-state index contributed by atoms with van der Waals surface area (Å²) in [6.07, 6.45) is 0. The van der Waals surface area contributed by atoms with Gasteiger partial charge in [-0.2, -0.15) is 0 Å². The molecular weight excluding hydrogens is 460 g/mol. The summed E-state index contributed by atoms with van der Waals surface area (Å²) in [7, 11) is 0. The van der Waals surface area contributed by atoms with Crippen molar-refractivity contribution >= 4 is 75.5 Å². The van der Waals surface area contributed by atoms with E-state index in [4.69, 9.17) is 0 Å². The molecule has 0 bridgehead atoms. The lowest BCUT2D eigenvalue weighted by molar-refractivity contribution is 1.45. The smallest absolute Gasteiger partial charge is 0.197 e. The van der Waals surface area contributed by atoms with E-state index in [9.17, 15) is 9.59 Å². The molecule has 0 atom stereocenters. The molecule has 2 heterocycles. The fourth-order valence-electron chi connectivity index (χ4n) is 3.39. The second kappa shape index (κ2) is 5.53. The van der Waals surface area contributed by atoms with Crippen molar-refractivity contribution in [3.8, 4) is 0 Å². The SMILES string of the molecule is O=c1c2cc(Br)ccc2[nH]c2cc3c(=O)c4cc(Br)ccc4[nH]c3cc12. The summed E-state index contributed by atoms with van der Waals surface area (Å²) in [5.41, 5.74) is 2.66. The van der Waals surface area contributed by atoms with Gasteiger partial charge in [0.1, 0.15) is 0 Å². The Morgan fingerprint density at radius 2 is 0.923 bits per heavy atom. The van der Waals surface area contributed by atoms with Crippen molar-refractivity contribution in [2.24, 2.45) is 0 Å². The third-order valence-corrected chi connectivity index (χ3v) is 5.62. The van der Waals surface area contributed by atoms with Crippen molar-refractivity contribution in [2.45, 2.75) is 0 Å². The summed E-state index contributed by atoms with van der Waals surface area (Å²) < 4.78 is 1.70. The highest BCUT2D eigenvalue weighted by Gasteiger charge is 2.11. The lowest BCUT2D eigenvalue weighted by atomic mass is 10.1. The monoisotopic (exact) mass is 468 g/mol. The Kier molecular flexibility index (Phi) is 3.36. The van der Waals surface area contributed by atoms with Crippen molar-refractivity contribution in [3.05, 3.63) is 77.9 Å². The van der Waals surface area contributed by atoms with E-state index < -0.39 is 0 Å². The van der Waals surface area contributed by atoms with Gasteiger partial charge in [0.2, 0.25) is 0 Å². The fourth-order valence-corrected chi connectivity index (χ4v) is 4.11. The van der Waals surface area contributed by atoms with Crippen molar-refractivity contribution in [1.29, 1.82) is 0 Å². The topological polar surface area (TPSA) is 65.7 Å². The van der Waals surface area contributed by atoms with Crippen LogP contribution in [-0.4, -0.2) is 9.97 Å². The van der Waals surface area contributed by atoms with Crippen molar-refractivity contribution < 1.29 is 0 Å². The first-order valence-corrected chi connectivity index (χ1v) is 9.50. The van der Waals surface area contributed by atoms with Gasteiger partial charge in [-0.15, -0.1) is 0 Å². The molecule has 5 aromatic rings. The van der Waals surface area contributed by atoms with Gasteiger partial charge < -0.3 is 9.97 Å². The molecule has 126 valence electrons. The molecule has 0 aliphatic rings. The largest absolute Gasteiger partial charge is 0.354 e. The summed E-state index contributed by atoms with van der Waals surface area (Å²) in [6.45, 7) is 0. The van der Waals surface area contributed by atoms with Crippen LogP contribution in [0.15, 0.2) is 67.1 Å². The maximum atomic E-state index is 12.9. The van der Waals surface area contributed by atoms with Crippen LogP contribution in [-0.2, 0) is 0 Å². The normalized spacial score (nSPS) is 11.8. The number of rotatable bonds is 0. The molecule has 0 radical (unpaired) electrons. The Morgan fingerprint density at radius 1 is 0.538 bits per heavy atom. The molecule has 0 aliphatic heterocycles. The second-order valence-electron chi connectivity index (χ2n) is 6.23. The zero-order chi connectivity index (χ0) is 18.0. The highest BCUT2D eigenvalue weighted by molar-refractivity contribution is 9.10. The molecule has 4 nitrogen and oxygen atoms in total. The van der Waals surface area contributed by atoms with Gasteiger partial charge in [-0.25, -0.2) is 0 Å². The van der Waals surface area contributed by atoms with Crippen molar-refractivity contribution in [1.82, 2.24) is 9.97 Å². The van der Waals surface area contributed by atoms with Gasteiger partial charge in [0.15, 0.2) is 10.9 Å². The standard InChI is InChI=1S/C20H10Br2N2O2/c21-9-1-3-15-11(5-9)19(25)13-8-18-14(7-17(13)23-15)20(26)12-6-10(22)2-4-16(12)24-18/h1-8H,(H,23,25)(H,24,26). The number of nitrogens with one attached hydrogen (secondary N) is 2. The molecule has 26 heavy (non-hydrogen) atoms. The maximum Gasteiger partial charge on any atom is 0.197 e. The minimum Gasteiger partial charge on any atom is -0.354 e. The highest BCUT2D eigenvalue weighted by Crippen LogP contribution is 2.24. The molecule has 3 aromatic carbocycles.